The molecule has 3 N–H and O–H groups in total. The minimum Gasteiger partial charge on any atom is -0.398 e. The highest BCUT2D eigenvalue weighted by Crippen LogP contribution is 2.24. The van der Waals surface area contributed by atoms with Crippen molar-refractivity contribution in [1.29, 1.82) is 0 Å². The maximum absolute atomic E-state index is 5.99. The van der Waals surface area contributed by atoms with Gasteiger partial charge in [-0.05, 0) is 42.7 Å². The number of benzene rings is 1. The van der Waals surface area contributed by atoms with E-state index in [2.05, 4.69) is 10.3 Å². The number of aryl methyl sites for hydroxylation is 1. The molecule has 88 valence electrons. The second kappa shape index (κ2) is 4.87. The molecule has 1 aliphatic heterocycles. The molecule has 0 radical (unpaired) electrons. The molecule has 0 atom stereocenters. The van der Waals surface area contributed by atoms with Crippen molar-refractivity contribution in [3.63, 3.8) is 0 Å². The lowest BCUT2D eigenvalue weighted by atomic mass is 10.1. The summed E-state index contributed by atoms with van der Waals surface area (Å²) in [5.74, 6) is 0. The van der Waals surface area contributed by atoms with E-state index in [0.717, 1.165) is 34.6 Å². The number of nitrogens with zero attached hydrogens (tertiary/aromatic N) is 1. The van der Waals surface area contributed by atoms with E-state index < -0.39 is 0 Å². The number of aliphatic imine (C=N–C) groups is 1. The van der Waals surface area contributed by atoms with Crippen molar-refractivity contribution in [2.45, 2.75) is 13.8 Å². The molecule has 1 heterocycles. The second-order valence-corrected chi connectivity index (χ2v) is 4.18. The lowest BCUT2D eigenvalue weighted by Gasteiger charge is -2.11. The van der Waals surface area contributed by atoms with Crippen LogP contribution < -0.4 is 11.1 Å². The molecule has 2 rings (SSSR count). The Hall–Kier alpha value is -2.03. The summed E-state index contributed by atoms with van der Waals surface area (Å²) in [5, 5.41) is 3.28. The van der Waals surface area contributed by atoms with Gasteiger partial charge < -0.3 is 11.1 Å². The molecule has 1 aliphatic rings. The van der Waals surface area contributed by atoms with Gasteiger partial charge in [-0.1, -0.05) is 12.1 Å². The van der Waals surface area contributed by atoms with Crippen LogP contribution in [0.3, 0.4) is 0 Å². The molecule has 3 nitrogen and oxygen atoms in total. The Kier molecular flexibility index (Phi) is 3.28. The first kappa shape index (κ1) is 11.5. The lowest BCUT2D eigenvalue weighted by Crippen LogP contribution is -2.00. The number of hydrogen-bond donors (Lipinski definition) is 2. The van der Waals surface area contributed by atoms with Crippen molar-refractivity contribution in [2.24, 2.45) is 4.99 Å². The topological polar surface area (TPSA) is 50.4 Å². The molecule has 0 saturated heterocycles. The predicted octanol–water partition coefficient (Wildman–Crippen LogP) is 2.82. The third kappa shape index (κ3) is 2.56. The van der Waals surface area contributed by atoms with Crippen LogP contribution in [0.4, 0.5) is 11.4 Å². The minimum absolute atomic E-state index is 0.726. The van der Waals surface area contributed by atoms with Crippen molar-refractivity contribution in [2.75, 3.05) is 17.6 Å². The van der Waals surface area contributed by atoms with Gasteiger partial charge in [0.1, 0.15) is 0 Å². The highest BCUT2D eigenvalue weighted by molar-refractivity contribution is 5.74. The van der Waals surface area contributed by atoms with Crippen LogP contribution >= 0.6 is 0 Å². The first-order chi connectivity index (χ1) is 8.18. The van der Waals surface area contributed by atoms with E-state index in [9.17, 15) is 0 Å². The van der Waals surface area contributed by atoms with Crippen molar-refractivity contribution in [3.05, 3.63) is 47.2 Å². The Balaban J connectivity index is 2.17. The normalized spacial score (nSPS) is 16.5. The van der Waals surface area contributed by atoms with Gasteiger partial charge in [-0.15, -0.1) is 0 Å². The van der Waals surface area contributed by atoms with Crippen LogP contribution in [0.5, 0.6) is 0 Å². The van der Waals surface area contributed by atoms with Crippen molar-refractivity contribution >= 4 is 17.6 Å². The Morgan fingerprint density at radius 2 is 2.18 bits per heavy atom. The molecule has 0 bridgehead atoms. The Morgan fingerprint density at radius 1 is 1.35 bits per heavy atom. The zero-order valence-electron chi connectivity index (χ0n) is 10.2. The van der Waals surface area contributed by atoms with Gasteiger partial charge in [-0.3, -0.25) is 4.99 Å². The molecule has 0 spiro atoms. The number of rotatable bonds is 2. The first-order valence-corrected chi connectivity index (χ1v) is 5.66. The maximum Gasteiger partial charge on any atom is 0.0653 e. The molecular formula is C14H17N3. The summed E-state index contributed by atoms with van der Waals surface area (Å²) in [6.07, 6.45) is 7.77. The molecule has 0 saturated carbocycles. The molecule has 0 fully saturated rings. The van der Waals surface area contributed by atoms with E-state index in [-0.39, 0.29) is 0 Å². The Bertz CT molecular complexity index is 510. The van der Waals surface area contributed by atoms with Crippen molar-refractivity contribution < 1.29 is 0 Å². The quantitative estimate of drug-likeness (QED) is 0.763. The molecular weight excluding hydrogens is 210 g/mol. The van der Waals surface area contributed by atoms with Gasteiger partial charge in [-0.2, -0.15) is 0 Å². The third-order valence-electron chi connectivity index (χ3n) is 2.92. The summed E-state index contributed by atoms with van der Waals surface area (Å²) < 4.78 is 0. The Labute approximate surface area is 102 Å². The van der Waals surface area contributed by atoms with Crippen LogP contribution in [0.25, 0.3) is 0 Å². The average Bonchev–Trinajstić information content (AvgIpc) is 2.36. The van der Waals surface area contributed by atoms with Gasteiger partial charge in [0.2, 0.25) is 0 Å². The number of hydrogen-bond acceptors (Lipinski definition) is 3. The maximum atomic E-state index is 5.99. The minimum atomic E-state index is 0.726. The summed E-state index contributed by atoms with van der Waals surface area (Å²) in [4.78, 5) is 4.18. The van der Waals surface area contributed by atoms with Gasteiger partial charge in [-0.25, -0.2) is 0 Å². The molecule has 17 heavy (non-hydrogen) atoms. The molecule has 1 aromatic rings. The molecule has 0 amide bonds. The molecule has 0 aromatic heterocycles. The van der Waals surface area contributed by atoms with E-state index in [1.807, 2.05) is 50.5 Å². The largest absolute Gasteiger partial charge is 0.398 e. The van der Waals surface area contributed by atoms with Crippen LogP contribution in [-0.4, -0.2) is 12.8 Å². The third-order valence-corrected chi connectivity index (χ3v) is 2.92. The van der Waals surface area contributed by atoms with E-state index in [1.165, 1.54) is 0 Å². The smallest absolute Gasteiger partial charge is 0.0653 e. The Morgan fingerprint density at radius 3 is 2.88 bits per heavy atom. The predicted molar refractivity (Wildman–Crippen MR) is 74.5 cm³/mol. The monoisotopic (exact) mass is 227 g/mol. The van der Waals surface area contributed by atoms with E-state index >= 15 is 0 Å². The summed E-state index contributed by atoms with van der Waals surface area (Å²) in [5.41, 5.74) is 11.3. The molecule has 0 aliphatic carbocycles. The van der Waals surface area contributed by atoms with Gasteiger partial charge in [0.05, 0.1) is 6.54 Å². The lowest BCUT2D eigenvalue weighted by molar-refractivity contribution is 1.17. The van der Waals surface area contributed by atoms with Gasteiger partial charge in [0, 0.05) is 23.8 Å². The van der Waals surface area contributed by atoms with Crippen molar-refractivity contribution in [3.8, 4) is 0 Å². The van der Waals surface area contributed by atoms with Crippen molar-refractivity contribution in [1.82, 2.24) is 0 Å². The molecule has 1 aromatic carbocycles. The zero-order chi connectivity index (χ0) is 12.3. The van der Waals surface area contributed by atoms with Gasteiger partial charge >= 0.3 is 0 Å². The van der Waals surface area contributed by atoms with Gasteiger partial charge in [0.25, 0.3) is 0 Å². The summed E-state index contributed by atoms with van der Waals surface area (Å²) in [7, 11) is 0. The standard InChI is InChI=1S/C14H17N3/c1-10-5-6-13(11(2)14(10)15)17-9-12-4-3-7-16-8-12/h3-7,9,17H,8,15H2,1-2H3/b12-9-. The number of anilines is 2. The number of dihydropyridines is 1. The first-order valence-electron chi connectivity index (χ1n) is 5.66. The average molecular weight is 227 g/mol. The molecule has 0 unspecified atom stereocenters. The fraction of sp³-hybridized carbons (Fsp3) is 0.214. The number of nitrogens with one attached hydrogen (secondary N) is 1. The number of nitrogen functional groups attached to an aromatic ring is 1. The summed E-state index contributed by atoms with van der Waals surface area (Å²) in [6, 6.07) is 4.08. The fourth-order valence-corrected chi connectivity index (χ4v) is 1.72. The summed E-state index contributed by atoms with van der Waals surface area (Å²) in [6.45, 7) is 4.77. The van der Waals surface area contributed by atoms with Crippen LogP contribution in [0.1, 0.15) is 11.1 Å². The van der Waals surface area contributed by atoms with Crippen LogP contribution in [0, 0.1) is 13.8 Å². The van der Waals surface area contributed by atoms with E-state index in [4.69, 9.17) is 5.73 Å². The second-order valence-electron chi connectivity index (χ2n) is 4.18. The van der Waals surface area contributed by atoms with Gasteiger partial charge in [0.15, 0.2) is 0 Å². The number of allylic oxidation sites excluding steroid dienone is 1. The SMILES string of the molecule is Cc1ccc(N/C=C2/C=CC=NC2)c(C)c1N. The van der Waals surface area contributed by atoms with Crippen LogP contribution in [0.15, 0.2) is 41.1 Å². The van der Waals surface area contributed by atoms with Crippen LogP contribution in [-0.2, 0) is 0 Å². The van der Waals surface area contributed by atoms with E-state index in [0.29, 0.717) is 0 Å². The fourth-order valence-electron chi connectivity index (χ4n) is 1.72. The zero-order valence-corrected chi connectivity index (χ0v) is 10.2. The summed E-state index contributed by atoms with van der Waals surface area (Å²) >= 11 is 0. The number of nitrogens with two attached hydrogens (primary N) is 1. The van der Waals surface area contributed by atoms with Crippen LogP contribution in [0.2, 0.25) is 0 Å². The molecule has 3 heteroatoms. The highest BCUT2D eigenvalue weighted by atomic mass is 14.9. The highest BCUT2D eigenvalue weighted by Gasteiger charge is 2.03. The van der Waals surface area contributed by atoms with E-state index in [1.54, 1.807) is 0 Å².